The molecule has 0 aliphatic rings. The summed E-state index contributed by atoms with van der Waals surface area (Å²) in [7, 11) is -3.74. The molecule has 0 aliphatic heterocycles. The van der Waals surface area contributed by atoms with E-state index in [1.807, 2.05) is 64.1 Å². The molecule has 0 spiro atoms. The fraction of sp³-hybridized carbons (Fsp3) is 0.462. The molecule has 2 amide bonds. The SMILES string of the molecule is CCc1ccccc1N(CC(=O)N(Cc1ccc(C)cc1)[C@@H](C)C(=O)N[C@@H](C)CC)S(C)(=O)=O. The van der Waals surface area contributed by atoms with Crippen LogP contribution in [-0.2, 0) is 32.6 Å². The molecule has 2 atom stereocenters. The van der Waals surface area contributed by atoms with Gasteiger partial charge >= 0.3 is 0 Å². The van der Waals surface area contributed by atoms with Gasteiger partial charge in [-0.3, -0.25) is 13.9 Å². The average Bonchev–Trinajstić information content (AvgIpc) is 2.80. The standard InChI is InChI=1S/C26H37N3O4S/c1-7-20(4)27-26(31)21(5)28(17-22-15-13-19(3)14-16-22)25(30)18-29(34(6,32)33)24-12-10-9-11-23(24)8-2/h9-16,20-21H,7-8,17-18H2,1-6H3,(H,27,31)/t20-,21-/m0/s1. The molecule has 8 heteroatoms. The van der Waals surface area contributed by atoms with Gasteiger partial charge in [0.15, 0.2) is 0 Å². The minimum absolute atomic E-state index is 0.0322. The van der Waals surface area contributed by atoms with Crippen LogP contribution >= 0.6 is 0 Å². The van der Waals surface area contributed by atoms with Gasteiger partial charge in [0.25, 0.3) is 0 Å². The first-order chi connectivity index (χ1) is 16.0. The molecule has 7 nitrogen and oxygen atoms in total. The van der Waals surface area contributed by atoms with E-state index >= 15 is 0 Å². The maximum absolute atomic E-state index is 13.6. The fourth-order valence-corrected chi connectivity index (χ4v) is 4.47. The number of nitrogens with zero attached hydrogens (tertiary/aromatic N) is 2. The molecule has 0 bridgehead atoms. The zero-order chi connectivity index (χ0) is 25.5. The molecule has 0 heterocycles. The van der Waals surface area contributed by atoms with Gasteiger partial charge in [-0.1, -0.05) is 61.9 Å². The average molecular weight is 488 g/mol. The number of nitrogens with one attached hydrogen (secondary N) is 1. The molecular weight excluding hydrogens is 450 g/mol. The number of benzene rings is 2. The third kappa shape index (κ3) is 7.32. The Kier molecular flexibility index (Phi) is 9.67. The van der Waals surface area contributed by atoms with Crippen molar-refractivity contribution in [3.05, 3.63) is 65.2 Å². The minimum Gasteiger partial charge on any atom is -0.352 e. The molecule has 0 aliphatic carbocycles. The van der Waals surface area contributed by atoms with Crippen LogP contribution in [0, 0.1) is 6.92 Å². The Morgan fingerprint density at radius 1 is 1.00 bits per heavy atom. The number of sulfonamides is 1. The molecule has 2 rings (SSSR count). The van der Waals surface area contributed by atoms with Crippen LogP contribution in [-0.4, -0.2) is 50.0 Å². The van der Waals surface area contributed by atoms with Crippen molar-refractivity contribution < 1.29 is 18.0 Å². The van der Waals surface area contributed by atoms with E-state index in [0.717, 1.165) is 33.7 Å². The molecule has 0 radical (unpaired) electrons. The fourth-order valence-electron chi connectivity index (χ4n) is 3.59. The lowest BCUT2D eigenvalue weighted by Gasteiger charge is -2.32. The highest BCUT2D eigenvalue weighted by Gasteiger charge is 2.31. The first-order valence-electron chi connectivity index (χ1n) is 11.7. The Morgan fingerprint density at radius 2 is 1.62 bits per heavy atom. The molecule has 0 unspecified atom stereocenters. The van der Waals surface area contributed by atoms with Crippen molar-refractivity contribution in [2.24, 2.45) is 0 Å². The predicted molar refractivity (Wildman–Crippen MR) is 137 cm³/mol. The largest absolute Gasteiger partial charge is 0.352 e. The first kappa shape index (κ1) is 27.4. The molecule has 2 aromatic carbocycles. The highest BCUT2D eigenvalue weighted by atomic mass is 32.2. The van der Waals surface area contributed by atoms with E-state index in [1.165, 1.54) is 4.90 Å². The van der Waals surface area contributed by atoms with Gasteiger partial charge in [-0.2, -0.15) is 0 Å². The third-order valence-electron chi connectivity index (χ3n) is 5.96. The topological polar surface area (TPSA) is 86.8 Å². The quantitative estimate of drug-likeness (QED) is 0.524. The van der Waals surface area contributed by atoms with E-state index < -0.39 is 22.0 Å². The summed E-state index contributed by atoms with van der Waals surface area (Å²) >= 11 is 0. The van der Waals surface area contributed by atoms with E-state index in [1.54, 1.807) is 19.1 Å². The summed E-state index contributed by atoms with van der Waals surface area (Å²) in [6.07, 6.45) is 2.48. The number of hydrogen-bond donors (Lipinski definition) is 1. The van der Waals surface area contributed by atoms with Crippen LogP contribution in [0.2, 0.25) is 0 Å². The van der Waals surface area contributed by atoms with Gasteiger partial charge in [0.2, 0.25) is 21.8 Å². The van der Waals surface area contributed by atoms with Crippen molar-refractivity contribution >= 4 is 27.5 Å². The molecule has 0 saturated carbocycles. The summed E-state index contributed by atoms with van der Waals surface area (Å²) in [5.74, 6) is -0.710. The van der Waals surface area contributed by atoms with Crippen molar-refractivity contribution in [2.45, 2.75) is 66.1 Å². The van der Waals surface area contributed by atoms with E-state index in [0.29, 0.717) is 12.1 Å². The van der Waals surface area contributed by atoms with Crippen molar-refractivity contribution in [3.63, 3.8) is 0 Å². The van der Waals surface area contributed by atoms with Crippen LogP contribution in [0.15, 0.2) is 48.5 Å². The van der Waals surface area contributed by atoms with E-state index in [4.69, 9.17) is 0 Å². The van der Waals surface area contributed by atoms with Crippen molar-refractivity contribution in [2.75, 3.05) is 17.1 Å². The molecule has 0 saturated heterocycles. The summed E-state index contributed by atoms with van der Waals surface area (Å²) < 4.78 is 26.6. The molecule has 0 aromatic heterocycles. The molecule has 34 heavy (non-hydrogen) atoms. The van der Waals surface area contributed by atoms with Crippen LogP contribution in [0.3, 0.4) is 0 Å². The van der Waals surface area contributed by atoms with E-state index in [-0.39, 0.29) is 25.0 Å². The summed E-state index contributed by atoms with van der Waals surface area (Å²) in [5, 5.41) is 2.93. The number of aryl methyl sites for hydroxylation is 2. The van der Waals surface area contributed by atoms with E-state index in [2.05, 4.69) is 5.32 Å². The van der Waals surface area contributed by atoms with Crippen LogP contribution in [0.1, 0.15) is 50.8 Å². The Hall–Kier alpha value is -2.87. The highest BCUT2D eigenvalue weighted by molar-refractivity contribution is 7.92. The van der Waals surface area contributed by atoms with E-state index in [9.17, 15) is 18.0 Å². The van der Waals surface area contributed by atoms with Crippen LogP contribution in [0.5, 0.6) is 0 Å². The zero-order valence-corrected chi connectivity index (χ0v) is 21.9. The van der Waals surface area contributed by atoms with Crippen LogP contribution < -0.4 is 9.62 Å². The van der Waals surface area contributed by atoms with Gasteiger partial charge in [0.05, 0.1) is 11.9 Å². The predicted octanol–water partition coefficient (Wildman–Crippen LogP) is 3.66. The number of rotatable bonds is 11. The Morgan fingerprint density at radius 3 is 2.18 bits per heavy atom. The van der Waals surface area contributed by atoms with Crippen molar-refractivity contribution in [1.82, 2.24) is 10.2 Å². The summed E-state index contributed by atoms with van der Waals surface area (Å²) in [6, 6.07) is 14.1. The van der Waals surface area contributed by atoms with Gasteiger partial charge in [-0.15, -0.1) is 0 Å². The maximum atomic E-state index is 13.6. The molecule has 2 aromatic rings. The van der Waals surface area contributed by atoms with Gasteiger partial charge in [-0.05, 0) is 50.8 Å². The highest BCUT2D eigenvalue weighted by Crippen LogP contribution is 2.24. The monoisotopic (exact) mass is 487 g/mol. The second kappa shape index (κ2) is 12.0. The Labute approximate surface area is 204 Å². The summed E-state index contributed by atoms with van der Waals surface area (Å²) in [6.45, 7) is 9.28. The number of carbonyl (C=O) groups is 2. The normalized spacial score (nSPS) is 13.1. The Bertz CT molecular complexity index is 1080. The second-order valence-electron chi connectivity index (χ2n) is 8.75. The number of amides is 2. The molecular formula is C26H37N3O4S. The second-order valence-corrected chi connectivity index (χ2v) is 10.7. The smallest absolute Gasteiger partial charge is 0.244 e. The number of para-hydroxylation sites is 1. The number of carbonyl (C=O) groups excluding carboxylic acids is 2. The number of anilines is 1. The molecule has 0 fully saturated rings. The lowest BCUT2D eigenvalue weighted by Crippen LogP contribution is -2.52. The van der Waals surface area contributed by atoms with Gasteiger partial charge in [0, 0.05) is 12.6 Å². The summed E-state index contributed by atoms with van der Waals surface area (Å²) in [5.41, 5.74) is 3.26. The maximum Gasteiger partial charge on any atom is 0.244 e. The Balaban J connectivity index is 2.41. The van der Waals surface area contributed by atoms with Gasteiger partial charge in [0.1, 0.15) is 12.6 Å². The van der Waals surface area contributed by atoms with Gasteiger partial charge in [-0.25, -0.2) is 8.42 Å². The molecule has 1 N–H and O–H groups in total. The number of hydrogen-bond acceptors (Lipinski definition) is 4. The van der Waals surface area contributed by atoms with Crippen molar-refractivity contribution in [1.29, 1.82) is 0 Å². The lowest BCUT2D eigenvalue weighted by atomic mass is 10.1. The first-order valence-corrected chi connectivity index (χ1v) is 13.5. The molecule has 186 valence electrons. The third-order valence-corrected chi connectivity index (χ3v) is 7.09. The van der Waals surface area contributed by atoms with Crippen LogP contribution in [0.4, 0.5) is 5.69 Å². The van der Waals surface area contributed by atoms with Gasteiger partial charge < -0.3 is 10.2 Å². The van der Waals surface area contributed by atoms with Crippen molar-refractivity contribution in [3.8, 4) is 0 Å². The van der Waals surface area contributed by atoms with Crippen LogP contribution in [0.25, 0.3) is 0 Å². The zero-order valence-electron chi connectivity index (χ0n) is 21.0. The minimum atomic E-state index is -3.74. The lowest BCUT2D eigenvalue weighted by molar-refractivity contribution is -0.139. The summed E-state index contributed by atoms with van der Waals surface area (Å²) in [4.78, 5) is 28.0.